The molecule has 3 aromatic carbocycles. The number of aromatic nitrogens is 1. The predicted molar refractivity (Wildman–Crippen MR) is 156 cm³/mol. The van der Waals surface area contributed by atoms with Crippen molar-refractivity contribution < 1.29 is 22.0 Å². The summed E-state index contributed by atoms with van der Waals surface area (Å²) in [5, 5.41) is 4.56. The minimum absolute atomic E-state index is 0.0306. The van der Waals surface area contributed by atoms with E-state index in [1.165, 1.54) is 18.2 Å². The molecule has 2 amide bonds. The number of nitrogens with one attached hydrogen (secondary N) is 2. The van der Waals surface area contributed by atoms with Gasteiger partial charge >= 0.3 is 6.03 Å². The third-order valence-electron chi connectivity index (χ3n) is 6.53. The number of hydrogen-bond donors (Lipinski definition) is 2. The lowest BCUT2D eigenvalue weighted by Gasteiger charge is -2.21. The molecule has 0 bridgehead atoms. The Balaban J connectivity index is 1.46. The van der Waals surface area contributed by atoms with Crippen molar-refractivity contribution in [2.24, 2.45) is 0 Å². The molecule has 2 aromatic heterocycles. The zero-order valence-corrected chi connectivity index (χ0v) is 23.5. The molecule has 2 heterocycles. The monoisotopic (exact) mass is 589 g/mol. The molecule has 0 fully saturated rings. The molecule has 0 saturated carbocycles. The van der Waals surface area contributed by atoms with Crippen LogP contribution < -0.4 is 10.0 Å². The molecule has 41 heavy (non-hydrogen) atoms. The van der Waals surface area contributed by atoms with E-state index in [4.69, 9.17) is 0 Å². The molecule has 0 radical (unpaired) electrons. The molecule has 0 aliphatic rings. The number of thiophene rings is 1. The Morgan fingerprint density at radius 1 is 0.902 bits per heavy atom. The molecule has 1 atom stereocenters. The number of aryl methyl sites for hydroxylation is 1. The average Bonchev–Trinajstić information content (AvgIpc) is 3.48. The van der Waals surface area contributed by atoms with Crippen LogP contribution in [0.3, 0.4) is 0 Å². The fourth-order valence-electron chi connectivity index (χ4n) is 4.61. The number of amides is 2. The molecule has 1 unspecified atom stereocenters. The normalized spacial score (nSPS) is 12.1. The Labute approximate surface area is 240 Å². The first-order valence-electron chi connectivity index (χ1n) is 12.6. The number of pyridine rings is 1. The van der Waals surface area contributed by atoms with Gasteiger partial charge in [0.25, 0.3) is 10.0 Å². The number of hydrogen-bond acceptors (Lipinski definition) is 5. The van der Waals surface area contributed by atoms with E-state index in [0.717, 1.165) is 22.1 Å². The van der Waals surface area contributed by atoms with Crippen molar-refractivity contribution in [1.29, 1.82) is 0 Å². The van der Waals surface area contributed by atoms with E-state index in [1.54, 1.807) is 48.7 Å². The van der Waals surface area contributed by atoms with Crippen LogP contribution in [-0.4, -0.2) is 26.0 Å². The summed E-state index contributed by atoms with van der Waals surface area (Å²) in [7, 11) is -4.15. The van der Waals surface area contributed by atoms with Crippen molar-refractivity contribution in [2.45, 2.75) is 17.7 Å². The van der Waals surface area contributed by atoms with Crippen LogP contribution in [0.15, 0.2) is 107 Å². The summed E-state index contributed by atoms with van der Waals surface area (Å²) in [6.45, 7) is 1.44. The zero-order chi connectivity index (χ0) is 29.0. The number of rotatable bonds is 8. The quantitative estimate of drug-likeness (QED) is 0.207. The number of halogens is 2. The van der Waals surface area contributed by atoms with Gasteiger partial charge in [-0.25, -0.2) is 26.7 Å². The number of carbonyl (C=O) groups excluding carboxylic acids is 1. The van der Waals surface area contributed by atoms with Crippen molar-refractivity contribution in [3.8, 4) is 21.6 Å². The highest BCUT2D eigenvalue weighted by Crippen LogP contribution is 2.34. The second kappa shape index (κ2) is 12.0. The smallest absolute Gasteiger partial charge is 0.328 e. The fourth-order valence-corrected chi connectivity index (χ4v) is 6.52. The first-order chi connectivity index (χ1) is 19.7. The van der Waals surface area contributed by atoms with E-state index in [9.17, 15) is 22.0 Å². The minimum atomic E-state index is -4.15. The summed E-state index contributed by atoms with van der Waals surface area (Å²) in [4.78, 5) is 18.4. The molecule has 5 rings (SSSR count). The third kappa shape index (κ3) is 6.50. The van der Waals surface area contributed by atoms with Crippen LogP contribution in [0, 0.1) is 18.6 Å². The van der Waals surface area contributed by atoms with Gasteiger partial charge in [0.05, 0.1) is 10.6 Å². The molecule has 0 aliphatic heterocycles. The van der Waals surface area contributed by atoms with E-state index >= 15 is 0 Å². The van der Waals surface area contributed by atoms with E-state index < -0.39 is 33.6 Å². The molecule has 0 saturated heterocycles. The maximum atomic E-state index is 14.3. The van der Waals surface area contributed by atoms with Crippen molar-refractivity contribution in [1.82, 2.24) is 15.0 Å². The van der Waals surface area contributed by atoms with E-state index in [0.29, 0.717) is 16.8 Å². The maximum Gasteiger partial charge on any atom is 0.328 e. The van der Waals surface area contributed by atoms with Crippen LogP contribution in [0.25, 0.3) is 21.6 Å². The van der Waals surface area contributed by atoms with Crippen LogP contribution in [0.5, 0.6) is 0 Å². The molecular weight excluding hydrogens is 564 g/mol. The Kier molecular flexibility index (Phi) is 8.23. The van der Waals surface area contributed by atoms with Crippen LogP contribution in [0.4, 0.5) is 13.6 Å². The lowest BCUT2D eigenvalue weighted by atomic mass is 9.89. The topological polar surface area (TPSA) is 88.2 Å². The largest absolute Gasteiger partial charge is 0.336 e. The van der Waals surface area contributed by atoms with Crippen molar-refractivity contribution >= 4 is 27.4 Å². The maximum absolute atomic E-state index is 14.3. The van der Waals surface area contributed by atoms with Crippen molar-refractivity contribution in [2.75, 3.05) is 6.54 Å². The van der Waals surface area contributed by atoms with Gasteiger partial charge in [-0.2, -0.15) is 0 Å². The van der Waals surface area contributed by atoms with E-state index in [1.807, 2.05) is 52.6 Å². The zero-order valence-electron chi connectivity index (χ0n) is 21.8. The molecule has 5 aromatic rings. The van der Waals surface area contributed by atoms with Gasteiger partial charge in [0.2, 0.25) is 0 Å². The minimum Gasteiger partial charge on any atom is -0.336 e. The Morgan fingerprint density at radius 2 is 1.61 bits per heavy atom. The standard InChI is InChI=1S/C31H25F2N3O3S2/c1-20-6-2-3-9-29(20)41(38,39)36-31(37)35-19-27(23-16-24(32)18-25(33)17-23)30-26(7-4-14-34-30)21-10-12-22(13-11-21)28-8-5-15-40-28/h2-18,27H,19H2,1H3,(H2,35,36,37). The molecule has 6 nitrogen and oxygen atoms in total. The number of urea groups is 1. The number of nitrogens with zero attached hydrogens (tertiary/aromatic N) is 1. The summed E-state index contributed by atoms with van der Waals surface area (Å²) in [6.07, 6.45) is 1.56. The Morgan fingerprint density at radius 3 is 2.29 bits per heavy atom. The second-order valence-corrected chi connectivity index (χ2v) is 11.9. The summed E-state index contributed by atoms with van der Waals surface area (Å²) in [5.41, 5.74) is 3.75. The van der Waals surface area contributed by atoms with Crippen molar-refractivity contribution in [3.63, 3.8) is 0 Å². The summed E-state index contributed by atoms with van der Waals surface area (Å²) < 4.78 is 56.3. The van der Waals surface area contributed by atoms with Gasteiger partial charge in [-0.1, -0.05) is 54.6 Å². The number of sulfonamides is 1. The van der Waals surface area contributed by atoms with Crippen LogP contribution in [0.1, 0.15) is 22.7 Å². The van der Waals surface area contributed by atoms with Crippen LogP contribution >= 0.6 is 11.3 Å². The lowest BCUT2D eigenvalue weighted by Crippen LogP contribution is -2.41. The van der Waals surface area contributed by atoms with Gasteiger partial charge in [0.1, 0.15) is 11.6 Å². The van der Waals surface area contributed by atoms with Gasteiger partial charge in [0.15, 0.2) is 0 Å². The van der Waals surface area contributed by atoms with Gasteiger partial charge in [-0.15, -0.1) is 11.3 Å². The summed E-state index contributed by atoms with van der Waals surface area (Å²) in [6, 6.07) is 23.8. The van der Waals surface area contributed by atoms with Crippen LogP contribution in [0.2, 0.25) is 0 Å². The molecular formula is C31H25F2N3O3S2. The van der Waals surface area contributed by atoms with E-state index in [-0.39, 0.29) is 17.0 Å². The Hall–Kier alpha value is -4.41. The first kappa shape index (κ1) is 28.1. The molecule has 10 heteroatoms. The van der Waals surface area contributed by atoms with E-state index in [2.05, 4.69) is 10.3 Å². The third-order valence-corrected chi connectivity index (χ3v) is 8.94. The van der Waals surface area contributed by atoms with Gasteiger partial charge in [-0.05, 0) is 64.9 Å². The Bertz CT molecular complexity index is 1770. The van der Waals surface area contributed by atoms with Gasteiger partial charge in [0, 0.05) is 35.2 Å². The molecule has 2 N–H and O–H groups in total. The highest BCUT2D eigenvalue weighted by molar-refractivity contribution is 7.90. The SMILES string of the molecule is Cc1ccccc1S(=O)(=O)NC(=O)NCC(c1cc(F)cc(F)c1)c1ncccc1-c1ccc(-c2cccs2)cc1. The van der Waals surface area contributed by atoms with Crippen LogP contribution in [-0.2, 0) is 10.0 Å². The second-order valence-electron chi connectivity index (χ2n) is 9.33. The average molecular weight is 590 g/mol. The number of benzene rings is 3. The molecule has 0 aliphatic carbocycles. The summed E-state index contributed by atoms with van der Waals surface area (Å²) in [5.74, 6) is -2.37. The fraction of sp³-hybridized carbons (Fsp3) is 0.0968. The highest BCUT2D eigenvalue weighted by atomic mass is 32.2. The first-order valence-corrected chi connectivity index (χ1v) is 15.0. The highest BCUT2D eigenvalue weighted by Gasteiger charge is 2.24. The molecule has 0 spiro atoms. The summed E-state index contributed by atoms with van der Waals surface area (Å²) >= 11 is 1.63. The van der Waals surface area contributed by atoms with Crippen molar-refractivity contribution in [3.05, 3.63) is 131 Å². The van der Waals surface area contributed by atoms with Gasteiger partial charge < -0.3 is 5.32 Å². The number of carbonyl (C=O) groups is 1. The molecule has 208 valence electrons. The lowest BCUT2D eigenvalue weighted by molar-refractivity contribution is 0.245. The van der Waals surface area contributed by atoms with Gasteiger partial charge in [-0.3, -0.25) is 4.98 Å². The predicted octanol–water partition coefficient (Wildman–Crippen LogP) is 6.88.